The van der Waals surface area contributed by atoms with Gasteiger partial charge >= 0.3 is 0 Å². The summed E-state index contributed by atoms with van der Waals surface area (Å²) < 4.78 is 31.3. The Kier molecular flexibility index (Phi) is 15.3. The second kappa shape index (κ2) is 23.6. The molecular weight excluding hydrogens is 1090 g/mol. The van der Waals surface area contributed by atoms with Crippen LogP contribution in [0.1, 0.15) is 195 Å². The van der Waals surface area contributed by atoms with Crippen LogP contribution in [0.25, 0.3) is 0 Å². The molecule has 4 saturated heterocycles. The summed E-state index contributed by atoms with van der Waals surface area (Å²) in [4.78, 5) is 0. The second-order valence-electron chi connectivity index (χ2n) is 30.0. The third kappa shape index (κ3) is 11.7. The van der Waals surface area contributed by atoms with Gasteiger partial charge in [0, 0.05) is 47.8 Å². The Hall–Kier alpha value is -6.48. The van der Waals surface area contributed by atoms with Gasteiger partial charge in [-0.3, -0.25) is 0 Å². The predicted molar refractivity (Wildman–Crippen MR) is 356 cm³/mol. The normalized spacial score (nSPS) is 37.0. The number of ether oxygens (including phenoxy) is 4. The summed E-state index contributed by atoms with van der Waals surface area (Å²) >= 11 is 0. The summed E-state index contributed by atoms with van der Waals surface area (Å²) in [5.41, 5.74) is 10.0. The van der Waals surface area contributed by atoms with Gasteiger partial charge in [0.1, 0.15) is 0 Å². The van der Waals surface area contributed by atoms with Crippen LogP contribution in [0, 0.1) is 5.41 Å². The average molecular weight is 1180 g/mol. The maximum absolute atomic E-state index is 7.83. The molecule has 4 heterocycles. The minimum Gasteiger partial charge on any atom is -0.349 e. The quantitative estimate of drug-likeness (QED) is 0.158. The largest absolute Gasteiger partial charge is 0.349 e. The number of hydrogen-bond acceptors (Lipinski definition) is 6. The molecule has 0 amide bonds. The van der Waals surface area contributed by atoms with Crippen molar-refractivity contribution in [3.63, 3.8) is 0 Å². The molecule has 4 aliphatic carbocycles. The van der Waals surface area contributed by atoms with Crippen LogP contribution in [0.2, 0.25) is 0 Å². The van der Waals surface area contributed by atoms with Gasteiger partial charge in [0.25, 0.3) is 0 Å². The van der Waals surface area contributed by atoms with Gasteiger partial charge in [-0.2, -0.15) is 0 Å². The van der Waals surface area contributed by atoms with Crippen molar-refractivity contribution in [1.82, 2.24) is 10.6 Å². The van der Waals surface area contributed by atoms with E-state index in [0.29, 0.717) is 73.8 Å². The van der Waals surface area contributed by atoms with Crippen LogP contribution < -0.4 is 10.6 Å². The van der Waals surface area contributed by atoms with E-state index < -0.39 is 17.0 Å². The van der Waals surface area contributed by atoms with Crippen LogP contribution in [0.4, 0.5) is 0 Å². The van der Waals surface area contributed by atoms with Crippen molar-refractivity contribution in [2.45, 2.75) is 184 Å². The summed E-state index contributed by atoms with van der Waals surface area (Å²) in [6, 6.07) is 91.4. The van der Waals surface area contributed by atoms with Crippen LogP contribution in [0.15, 0.2) is 243 Å². The third-order valence-electron chi connectivity index (χ3n) is 23.6. The van der Waals surface area contributed by atoms with E-state index in [4.69, 9.17) is 29.6 Å². The van der Waals surface area contributed by atoms with E-state index in [1.165, 1.54) is 44.5 Å². The molecule has 456 valence electrons. The number of benzene rings is 8. The van der Waals surface area contributed by atoms with E-state index in [-0.39, 0.29) is 22.2 Å². The van der Waals surface area contributed by atoms with Crippen LogP contribution in [0.5, 0.6) is 0 Å². The maximum atomic E-state index is 7.83. The van der Waals surface area contributed by atoms with Gasteiger partial charge in [-0.05, 0) is 169 Å². The molecule has 4 unspecified atom stereocenters. The Morgan fingerprint density at radius 1 is 0.225 bits per heavy atom. The van der Waals surface area contributed by atoms with Gasteiger partial charge in [0.2, 0.25) is 0 Å². The van der Waals surface area contributed by atoms with E-state index >= 15 is 0 Å². The Labute approximate surface area is 529 Å². The van der Waals surface area contributed by atoms with Crippen molar-refractivity contribution in [3.05, 3.63) is 287 Å². The lowest BCUT2D eigenvalue weighted by molar-refractivity contribution is -0.390. The molecule has 6 heteroatoms. The number of hydrogen-bond donors (Lipinski definition) is 2. The first-order valence-electron chi connectivity index (χ1n) is 34.2. The van der Waals surface area contributed by atoms with Crippen molar-refractivity contribution in [3.8, 4) is 0 Å². The number of nitrogens with one attached hydrogen (secondary N) is 2. The lowest BCUT2D eigenvalue weighted by atomic mass is 9.57. The second-order valence-corrected chi connectivity index (χ2v) is 30.0. The van der Waals surface area contributed by atoms with E-state index in [9.17, 15) is 0 Å². The van der Waals surface area contributed by atoms with Gasteiger partial charge in [-0.1, -0.05) is 243 Å². The van der Waals surface area contributed by atoms with Crippen LogP contribution >= 0.6 is 0 Å². The Bertz CT molecular complexity index is 2950. The molecule has 0 bridgehead atoms. The molecule has 16 rings (SSSR count). The van der Waals surface area contributed by atoms with Gasteiger partial charge < -0.3 is 29.6 Å². The SMILES string of the molecule is c1ccc([C@@H]2C[C@H](c3ccccc3)CC3(C2)CC2(CC4(C[C@H](c5ccccc5)C[C@H](c5ccccc5)C4)N3)OCC3(CO2)COC2(CC4(C[C@H](c5ccccc5)C[C@H](c5ccccc5)C4)NC4(C[C@H](c5ccccc5)C[C@H](c5ccccc5)C4)C2)OC3)cc1. The first-order valence-corrected chi connectivity index (χ1v) is 34.2. The van der Waals surface area contributed by atoms with Gasteiger partial charge in [-0.25, -0.2) is 0 Å². The fourth-order valence-electron chi connectivity index (χ4n) is 20.3. The fraction of sp³-hybridized carbons (Fsp3) is 0.422. The molecule has 8 aromatic carbocycles. The minimum absolute atomic E-state index is 0.256. The highest BCUT2D eigenvalue weighted by atomic mass is 16.7. The molecule has 8 aliphatic rings. The zero-order chi connectivity index (χ0) is 59.4. The van der Waals surface area contributed by atoms with Crippen LogP contribution in [0.3, 0.4) is 0 Å². The van der Waals surface area contributed by atoms with E-state index in [1.807, 2.05) is 0 Å². The summed E-state index contributed by atoms with van der Waals surface area (Å²) in [6.07, 6.45) is 16.0. The Morgan fingerprint density at radius 2 is 0.382 bits per heavy atom. The molecule has 6 nitrogen and oxygen atoms in total. The molecule has 8 aromatic rings. The molecule has 4 saturated carbocycles. The zero-order valence-corrected chi connectivity index (χ0v) is 52.0. The highest BCUT2D eigenvalue weighted by Crippen LogP contribution is 2.62. The highest BCUT2D eigenvalue weighted by Gasteiger charge is 2.65. The van der Waals surface area contributed by atoms with Crippen LogP contribution in [-0.4, -0.2) is 60.2 Å². The molecule has 2 N–H and O–H groups in total. The monoisotopic (exact) mass is 1180 g/mol. The van der Waals surface area contributed by atoms with Crippen molar-refractivity contribution in [1.29, 1.82) is 0 Å². The number of piperidine rings is 2. The molecule has 4 aliphatic heterocycles. The average Bonchev–Trinajstić information content (AvgIpc) is 1.53. The smallest absolute Gasteiger partial charge is 0.171 e. The topological polar surface area (TPSA) is 61.0 Å². The van der Waals surface area contributed by atoms with Gasteiger partial charge in [0.15, 0.2) is 11.6 Å². The molecule has 89 heavy (non-hydrogen) atoms. The third-order valence-corrected chi connectivity index (χ3v) is 23.6. The molecule has 8 fully saturated rings. The van der Waals surface area contributed by atoms with E-state index in [0.717, 1.165) is 103 Å². The molecule has 7 spiro atoms. The first-order chi connectivity index (χ1) is 43.6. The van der Waals surface area contributed by atoms with Gasteiger partial charge in [-0.15, -0.1) is 0 Å². The van der Waals surface area contributed by atoms with Crippen molar-refractivity contribution >= 4 is 0 Å². The summed E-state index contributed by atoms with van der Waals surface area (Å²) in [6.45, 7) is 2.15. The predicted octanol–water partition coefficient (Wildman–Crippen LogP) is 18.2. The van der Waals surface area contributed by atoms with Crippen molar-refractivity contribution < 1.29 is 18.9 Å². The zero-order valence-electron chi connectivity index (χ0n) is 52.0. The highest BCUT2D eigenvalue weighted by molar-refractivity contribution is 5.36. The standard InChI is InChI=1S/C83H90N2O4/c1-9-25-61(26-10-1)69-41-70(62-27-11-2-12-28-62)46-78(45-69)53-82(54-79(84-78)47-71(63-29-13-3-14-30-63)42-72(48-79)64-31-15-4-16-32-64)86-57-77(58-87-82)59-88-83(89-60-77)55-80(49-73(65-33-17-5-18-34-65)43-74(50-80)66-35-19-6-20-36-66)85-81(56-83)51-75(67-37-21-7-22-38-67)44-76(52-81)68-39-23-8-24-40-68/h1-40,69-76,84-85H,41-60H2/t69-,70+,71-,72+,73-,74+,75-,76+,77?,78?,79?,80?,81?,82?,83?. The molecular formula is C83H90N2O4. The Morgan fingerprint density at radius 3 is 0.539 bits per heavy atom. The summed E-state index contributed by atoms with van der Waals surface area (Å²) in [7, 11) is 0. The molecule has 0 radical (unpaired) electrons. The van der Waals surface area contributed by atoms with E-state index in [2.05, 4.69) is 243 Å². The molecule has 12 atom stereocenters. The van der Waals surface area contributed by atoms with Crippen molar-refractivity contribution in [2.24, 2.45) is 5.41 Å². The molecule has 0 aromatic heterocycles. The lowest BCUT2D eigenvalue weighted by Crippen LogP contribution is -2.74. The van der Waals surface area contributed by atoms with Gasteiger partial charge in [0.05, 0.1) is 31.8 Å². The van der Waals surface area contributed by atoms with Crippen LogP contribution in [-0.2, 0) is 18.9 Å². The lowest BCUT2D eigenvalue weighted by Gasteiger charge is -2.65. The Balaban J connectivity index is 0.749. The first kappa shape index (κ1) is 57.7. The maximum Gasteiger partial charge on any atom is 0.171 e. The fourth-order valence-corrected chi connectivity index (χ4v) is 20.3. The minimum atomic E-state index is -0.795. The van der Waals surface area contributed by atoms with E-state index in [1.54, 1.807) is 0 Å². The summed E-state index contributed by atoms with van der Waals surface area (Å²) in [5, 5.41) is 9.52. The summed E-state index contributed by atoms with van der Waals surface area (Å²) in [5.74, 6) is 1.42. The van der Waals surface area contributed by atoms with Crippen molar-refractivity contribution in [2.75, 3.05) is 26.4 Å². The number of rotatable bonds is 8.